The summed E-state index contributed by atoms with van der Waals surface area (Å²) in [5.74, 6) is 1.65. The van der Waals surface area contributed by atoms with Crippen LogP contribution >= 0.6 is 15.9 Å². The molecule has 1 aliphatic rings. The highest BCUT2D eigenvalue weighted by atomic mass is 79.9. The van der Waals surface area contributed by atoms with Gasteiger partial charge in [0.05, 0.1) is 0 Å². The highest BCUT2D eigenvalue weighted by molar-refractivity contribution is 9.10. The molecule has 1 aliphatic carbocycles. The largest absolute Gasteiger partial charge is 0.382 e. The van der Waals surface area contributed by atoms with Gasteiger partial charge in [0, 0.05) is 16.2 Å². The van der Waals surface area contributed by atoms with Gasteiger partial charge in [0.1, 0.15) is 0 Å². The van der Waals surface area contributed by atoms with Crippen molar-refractivity contribution in [3.05, 3.63) is 28.2 Å². The van der Waals surface area contributed by atoms with Gasteiger partial charge in [0.2, 0.25) is 0 Å². The predicted molar refractivity (Wildman–Crippen MR) is 83.1 cm³/mol. The summed E-state index contributed by atoms with van der Waals surface area (Å²) in [7, 11) is 0. The van der Waals surface area contributed by atoms with Crippen molar-refractivity contribution in [1.82, 2.24) is 0 Å². The van der Waals surface area contributed by atoms with Crippen LogP contribution in [0.5, 0.6) is 0 Å². The summed E-state index contributed by atoms with van der Waals surface area (Å²) in [5.41, 5.74) is 2.74. The normalized spacial score (nSPS) is 28.1. The summed E-state index contributed by atoms with van der Waals surface area (Å²) >= 11 is 3.56. The van der Waals surface area contributed by atoms with Gasteiger partial charge < -0.3 is 5.32 Å². The first-order valence-corrected chi connectivity index (χ1v) is 7.94. The van der Waals surface area contributed by atoms with Gasteiger partial charge in [-0.25, -0.2) is 0 Å². The molecule has 1 N–H and O–H groups in total. The molecule has 0 saturated heterocycles. The first kappa shape index (κ1) is 13.9. The van der Waals surface area contributed by atoms with Gasteiger partial charge in [0.15, 0.2) is 0 Å². The summed E-state index contributed by atoms with van der Waals surface area (Å²) in [4.78, 5) is 0. The molecular formula is C16H24BrN. The van der Waals surface area contributed by atoms with E-state index < -0.39 is 0 Å². The Morgan fingerprint density at radius 3 is 2.78 bits per heavy atom. The third-order valence-electron chi connectivity index (χ3n) is 4.25. The van der Waals surface area contributed by atoms with Gasteiger partial charge in [-0.15, -0.1) is 0 Å². The lowest BCUT2D eigenvalue weighted by Crippen LogP contribution is -2.33. The molecule has 1 aromatic carbocycles. The van der Waals surface area contributed by atoms with Gasteiger partial charge in [-0.2, -0.15) is 0 Å². The average molecular weight is 310 g/mol. The molecular weight excluding hydrogens is 286 g/mol. The van der Waals surface area contributed by atoms with Gasteiger partial charge in [-0.05, 0) is 54.9 Å². The van der Waals surface area contributed by atoms with E-state index in [0.717, 1.165) is 18.3 Å². The lowest BCUT2D eigenvalue weighted by molar-refractivity contribution is 0.280. The molecule has 0 heterocycles. The molecule has 1 fully saturated rings. The van der Waals surface area contributed by atoms with Crippen molar-refractivity contribution in [3.8, 4) is 0 Å². The highest BCUT2D eigenvalue weighted by Gasteiger charge is 2.25. The first-order chi connectivity index (χ1) is 8.60. The number of benzene rings is 1. The first-order valence-electron chi connectivity index (χ1n) is 7.15. The van der Waals surface area contributed by atoms with E-state index in [4.69, 9.17) is 0 Å². The van der Waals surface area contributed by atoms with Crippen LogP contribution in [0.15, 0.2) is 22.7 Å². The molecule has 1 aromatic rings. The Bertz CT molecular complexity index is 402. The molecule has 2 heteroatoms. The van der Waals surface area contributed by atoms with Crippen LogP contribution in [-0.2, 0) is 6.42 Å². The Hall–Kier alpha value is -0.500. The van der Waals surface area contributed by atoms with E-state index in [1.54, 1.807) is 0 Å². The molecule has 0 radical (unpaired) electrons. The van der Waals surface area contributed by atoms with Crippen LogP contribution in [-0.4, -0.2) is 6.04 Å². The quantitative estimate of drug-likeness (QED) is 0.804. The van der Waals surface area contributed by atoms with Crippen LogP contribution in [0.25, 0.3) is 0 Å². The fourth-order valence-electron chi connectivity index (χ4n) is 2.93. The van der Waals surface area contributed by atoms with E-state index in [2.05, 4.69) is 60.2 Å². The van der Waals surface area contributed by atoms with Crippen LogP contribution in [0, 0.1) is 11.8 Å². The van der Waals surface area contributed by atoms with E-state index in [1.165, 1.54) is 35.0 Å². The van der Waals surface area contributed by atoms with E-state index in [1.807, 2.05) is 0 Å². The van der Waals surface area contributed by atoms with Crippen LogP contribution in [0.3, 0.4) is 0 Å². The maximum atomic E-state index is 3.79. The third kappa shape index (κ3) is 3.28. The van der Waals surface area contributed by atoms with Gasteiger partial charge in [-0.3, -0.25) is 0 Å². The molecule has 100 valence electrons. The summed E-state index contributed by atoms with van der Waals surface area (Å²) in [6.07, 6.45) is 5.13. The molecule has 0 bridgehead atoms. The van der Waals surface area contributed by atoms with Gasteiger partial charge in [-0.1, -0.05) is 43.1 Å². The van der Waals surface area contributed by atoms with Gasteiger partial charge >= 0.3 is 0 Å². The highest BCUT2D eigenvalue weighted by Crippen LogP contribution is 2.32. The Balaban J connectivity index is 2.12. The minimum atomic E-state index is 0.639. The maximum absolute atomic E-state index is 3.79. The predicted octanol–water partition coefficient (Wildman–Crippen LogP) is 5.25. The zero-order valence-electron chi connectivity index (χ0n) is 11.7. The fourth-order valence-corrected chi connectivity index (χ4v) is 3.34. The van der Waals surface area contributed by atoms with Crippen LogP contribution in [0.2, 0.25) is 0 Å². The van der Waals surface area contributed by atoms with E-state index >= 15 is 0 Å². The molecule has 0 aromatic heterocycles. The van der Waals surface area contributed by atoms with E-state index in [0.29, 0.717) is 6.04 Å². The molecule has 18 heavy (non-hydrogen) atoms. The molecule has 2 rings (SSSR count). The molecule has 3 unspecified atom stereocenters. The Morgan fingerprint density at radius 2 is 2.06 bits per heavy atom. The molecule has 0 aliphatic heterocycles. The maximum Gasteiger partial charge on any atom is 0.0375 e. The molecule has 0 amide bonds. The minimum Gasteiger partial charge on any atom is -0.382 e. The molecule has 1 saturated carbocycles. The standard InChI is InChI=1S/C16H24BrN/c1-4-13-10-14(17)7-8-15(13)18-16-9-11(2)5-6-12(16)3/h7-8,10-12,16,18H,4-6,9H2,1-3H3. The summed E-state index contributed by atoms with van der Waals surface area (Å²) in [6, 6.07) is 7.23. The number of hydrogen-bond donors (Lipinski definition) is 1. The second kappa shape index (κ2) is 6.10. The average Bonchev–Trinajstić information content (AvgIpc) is 2.36. The number of rotatable bonds is 3. The SMILES string of the molecule is CCc1cc(Br)ccc1NC1CC(C)CCC1C. The van der Waals surface area contributed by atoms with Crippen LogP contribution in [0.4, 0.5) is 5.69 Å². The Morgan fingerprint density at radius 1 is 1.28 bits per heavy atom. The summed E-state index contributed by atoms with van der Waals surface area (Å²) in [6.45, 7) is 6.98. The molecule has 3 atom stereocenters. The number of hydrogen-bond acceptors (Lipinski definition) is 1. The number of anilines is 1. The van der Waals surface area contributed by atoms with Crippen LogP contribution in [0.1, 0.15) is 45.6 Å². The van der Waals surface area contributed by atoms with E-state index in [9.17, 15) is 0 Å². The second-order valence-electron chi connectivity index (χ2n) is 5.80. The smallest absolute Gasteiger partial charge is 0.0375 e. The topological polar surface area (TPSA) is 12.0 Å². The fraction of sp³-hybridized carbons (Fsp3) is 0.625. The molecule has 0 spiro atoms. The van der Waals surface area contributed by atoms with E-state index in [-0.39, 0.29) is 0 Å². The number of aryl methyl sites for hydroxylation is 1. The lowest BCUT2D eigenvalue weighted by atomic mass is 9.80. The van der Waals surface area contributed by atoms with Crippen molar-refractivity contribution < 1.29 is 0 Å². The van der Waals surface area contributed by atoms with Crippen molar-refractivity contribution in [2.75, 3.05) is 5.32 Å². The minimum absolute atomic E-state index is 0.639. The lowest BCUT2D eigenvalue weighted by Gasteiger charge is -2.34. The van der Waals surface area contributed by atoms with Crippen molar-refractivity contribution in [3.63, 3.8) is 0 Å². The van der Waals surface area contributed by atoms with Crippen molar-refractivity contribution >= 4 is 21.6 Å². The van der Waals surface area contributed by atoms with Crippen LogP contribution < -0.4 is 5.32 Å². The van der Waals surface area contributed by atoms with Crippen molar-refractivity contribution in [1.29, 1.82) is 0 Å². The number of halogens is 1. The second-order valence-corrected chi connectivity index (χ2v) is 6.72. The Kier molecular flexibility index (Phi) is 4.71. The zero-order valence-corrected chi connectivity index (χ0v) is 13.3. The monoisotopic (exact) mass is 309 g/mol. The van der Waals surface area contributed by atoms with Crippen molar-refractivity contribution in [2.45, 2.75) is 52.5 Å². The third-order valence-corrected chi connectivity index (χ3v) is 4.74. The summed E-state index contributed by atoms with van der Waals surface area (Å²) < 4.78 is 1.18. The van der Waals surface area contributed by atoms with Gasteiger partial charge in [0.25, 0.3) is 0 Å². The summed E-state index contributed by atoms with van der Waals surface area (Å²) in [5, 5.41) is 3.79. The number of nitrogens with one attached hydrogen (secondary N) is 1. The van der Waals surface area contributed by atoms with Crippen molar-refractivity contribution in [2.24, 2.45) is 11.8 Å². The zero-order chi connectivity index (χ0) is 13.1. The Labute approximate surface area is 119 Å². The molecule has 1 nitrogen and oxygen atoms in total.